The molecule has 1 unspecified atom stereocenters. The van der Waals surface area contributed by atoms with Gasteiger partial charge in [0.25, 0.3) is 0 Å². The summed E-state index contributed by atoms with van der Waals surface area (Å²) in [4.78, 5) is 2.47. The van der Waals surface area contributed by atoms with Crippen LogP contribution in [0.2, 0.25) is 10.0 Å². The summed E-state index contributed by atoms with van der Waals surface area (Å²) in [5.41, 5.74) is 2.25. The van der Waals surface area contributed by atoms with E-state index in [0.29, 0.717) is 10.0 Å². The Morgan fingerprint density at radius 3 is 2.58 bits per heavy atom. The van der Waals surface area contributed by atoms with Crippen molar-refractivity contribution in [2.24, 2.45) is 0 Å². The maximum absolute atomic E-state index is 6.56. The summed E-state index contributed by atoms with van der Waals surface area (Å²) < 4.78 is 5.29. The summed E-state index contributed by atoms with van der Waals surface area (Å²) in [6, 6.07) is 14.2. The average molecular weight is 365 g/mol. The molecule has 3 nitrogen and oxygen atoms in total. The van der Waals surface area contributed by atoms with Gasteiger partial charge in [0.15, 0.2) is 0 Å². The molecule has 1 N–H and O–H groups in total. The minimum absolute atomic E-state index is 0.0852. The van der Waals surface area contributed by atoms with E-state index >= 15 is 0 Å². The molecule has 0 radical (unpaired) electrons. The van der Waals surface area contributed by atoms with E-state index in [1.54, 1.807) is 7.11 Å². The Bertz CT molecular complexity index is 668. The molecule has 2 aromatic rings. The summed E-state index contributed by atoms with van der Waals surface area (Å²) >= 11 is 12.8. The molecular formula is C19H22Cl2N2O. The highest BCUT2D eigenvalue weighted by molar-refractivity contribution is 6.42. The number of hydrogen-bond donors (Lipinski definition) is 1. The number of hydrogen-bond acceptors (Lipinski definition) is 3. The van der Waals surface area contributed by atoms with E-state index in [1.165, 1.54) is 5.56 Å². The van der Waals surface area contributed by atoms with E-state index < -0.39 is 0 Å². The highest BCUT2D eigenvalue weighted by atomic mass is 35.5. The largest absolute Gasteiger partial charge is 0.497 e. The molecule has 0 spiro atoms. The van der Waals surface area contributed by atoms with Gasteiger partial charge in [-0.15, -0.1) is 0 Å². The van der Waals surface area contributed by atoms with Crippen molar-refractivity contribution in [3.8, 4) is 5.75 Å². The van der Waals surface area contributed by atoms with Crippen molar-refractivity contribution in [2.75, 3.05) is 33.3 Å². The third-order valence-electron chi connectivity index (χ3n) is 4.45. The first-order valence-corrected chi connectivity index (χ1v) is 8.99. The summed E-state index contributed by atoms with van der Waals surface area (Å²) in [5.74, 6) is 0.854. The second kappa shape index (κ2) is 8.21. The van der Waals surface area contributed by atoms with Crippen LogP contribution in [0.4, 0.5) is 0 Å². The predicted molar refractivity (Wildman–Crippen MR) is 100 cm³/mol. The molecule has 1 aliphatic heterocycles. The first-order valence-electron chi connectivity index (χ1n) is 8.23. The second-order valence-corrected chi connectivity index (χ2v) is 6.74. The number of nitrogens with one attached hydrogen (secondary N) is 1. The van der Waals surface area contributed by atoms with Crippen molar-refractivity contribution in [1.82, 2.24) is 10.2 Å². The first-order chi connectivity index (χ1) is 11.7. The van der Waals surface area contributed by atoms with Crippen LogP contribution >= 0.6 is 23.2 Å². The Morgan fingerprint density at radius 2 is 1.83 bits per heavy atom. The van der Waals surface area contributed by atoms with Crippen LogP contribution in [0.3, 0.4) is 0 Å². The van der Waals surface area contributed by atoms with Crippen molar-refractivity contribution in [2.45, 2.75) is 12.5 Å². The van der Waals surface area contributed by atoms with Gasteiger partial charge in [-0.1, -0.05) is 47.5 Å². The molecular weight excluding hydrogens is 343 g/mol. The van der Waals surface area contributed by atoms with E-state index in [2.05, 4.69) is 28.4 Å². The SMILES string of the molecule is COc1ccc(C(c2cccc(Cl)c2Cl)N2CCCNCC2)cc1. The number of rotatable bonds is 4. The lowest BCUT2D eigenvalue weighted by Crippen LogP contribution is -2.33. The molecule has 0 amide bonds. The number of halogens is 2. The van der Waals surface area contributed by atoms with Crippen LogP contribution in [0.5, 0.6) is 5.75 Å². The molecule has 1 saturated heterocycles. The van der Waals surface area contributed by atoms with Crippen LogP contribution < -0.4 is 10.1 Å². The third-order valence-corrected chi connectivity index (χ3v) is 5.28. The van der Waals surface area contributed by atoms with E-state index in [4.69, 9.17) is 27.9 Å². The zero-order valence-corrected chi connectivity index (χ0v) is 15.3. The number of benzene rings is 2. The topological polar surface area (TPSA) is 24.5 Å². The van der Waals surface area contributed by atoms with Gasteiger partial charge in [-0.2, -0.15) is 0 Å². The Kier molecular flexibility index (Phi) is 6.01. The fourth-order valence-corrected chi connectivity index (χ4v) is 3.64. The van der Waals surface area contributed by atoms with Crippen LogP contribution in [0.15, 0.2) is 42.5 Å². The van der Waals surface area contributed by atoms with E-state index in [0.717, 1.165) is 43.9 Å². The van der Waals surface area contributed by atoms with Crippen LogP contribution in [0.25, 0.3) is 0 Å². The van der Waals surface area contributed by atoms with Gasteiger partial charge in [-0.3, -0.25) is 4.90 Å². The minimum atomic E-state index is 0.0852. The Balaban J connectivity index is 2.03. The van der Waals surface area contributed by atoms with Crippen molar-refractivity contribution >= 4 is 23.2 Å². The highest BCUT2D eigenvalue weighted by Crippen LogP contribution is 2.37. The lowest BCUT2D eigenvalue weighted by Gasteiger charge is -2.32. The van der Waals surface area contributed by atoms with Gasteiger partial charge >= 0.3 is 0 Å². The quantitative estimate of drug-likeness (QED) is 0.870. The van der Waals surface area contributed by atoms with Gasteiger partial charge in [-0.25, -0.2) is 0 Å². The van der Waals surface area contributed by atoms with E-state index in [-0.39, 0.29) is 6.04 Å². The fourth-order valence-electron chi connectivity index (χ4n) is 3.23. The maximum Gasteiger partial charge on any atom is 0.118 e. The zero-order chi connectivity index (χ0) is 16.9. The summed E-state index contributed by atoms with van der Waals surface area (Å²) in [5, 5.41) is 4.69. The molecule has 0 saturated carbocycles. The van der Waals surface area contributed by atoms with Gasteiger partial charge in [0.1, 0.15) is 5.75 Å². The van der Waals surface area contributed by atoms with Gasteiger partial charge in [-0.05, 0) is 42.3 Å². The lowest BCUT2D eigenvalue weighted by atomic mass is 9.96. The van der Waals surface area contributed by atoms with Crippen molar-refractivity contribution in [3.05, 3.63) is 63.6 Å². The highest BCUT2D eigenvalue weighted by Gasteiger charge is 2.25. The van der Waals surface area contributed by atoms with E-state index in [9.17, 15) is 0 Å². The molecule has 1 fully saturated rings. The number of ether oxygens (including phenoxy) is 1. The molecule has 128 valence electrons. The fraction of sp³-hybridized carbons (Fsp3) is 0.368. The molecule has 0 bridgehead atoms. The maximum atomic E-state index is 6.56. The zero-order valence-electron chi connectivity index (χ0n) is 13.8. The first kappa shape index (κ1) is 17.6. The average Bonchev–Trinajstić information content (AvgIpc) is 2.89. The van der Waals surface area contributed by atoms with Crippen LogP contribution in [0, 0.1) is 0 Å². The number of methoxy groups -OCH3 is 1. The van der Waals surface area contributed by atoms with Gasteiger partial charge in [0.2, 0.25) is 0 Å². The smallest absolute Gasteiger partial charge is 0.118 e. The summed E-state index contributed by atoms with van der Waals surface area (Å²) in [7, 11) is 1.68. The normalized spacial score (nSPS) is 17.3. The predicted octanol–water partition coefficient (Wildman–Crippen LogP) is 4.39. The summed E-state index contributed by atoms with van der Waals surface area (Å²) in [6.07, 6.45) is 1.12. The minimum Gasteiger partial charge on any atom is -0.497 e. The third kappa shape index (κ3) is 3.86. The van der Waals surface area contributed by atoms with Crippen molar-refractivity contribution < 1.29 is 4.74 Å². The molecule has 3 rings (SSSR count). The molecule has 0 aliphatic carbocycles. The van der Waals surface area contributed by atoms with Crippen LogP contribution in [-0.2, 0) is 0 Å². The molecule has 24 heavy (non-hydrogen) atoms. The monoisotopic (exact) mass is 364 g/mol. The lowest BCUT2D eigenvalue weighted by molar-refractivity contribution is 0.241. The van der Waals surface area contributed by atoms with E-state index in [1.807, 2.05) is 24.3 Å². The summed E-state index contributed by atoms with van der Waals surface area (Å²) in [6.45, 7) is 4.02. The molecule has 5 heteroatoms. The molecule has 1 atom stereocenters. The number of nitrogens with zero attached hydrogens (tertiary/aromatic N) is 1. The second-order valence-electron chi connectivity index (χ2n) is 5.96. The van der Waals surface area contributed by atoms with Crippen LogP contribution in [-0.4, -0.2) is 38.2 Å². The van der Waals surface area contributed by atoms with Crippen LogP contribution in [0.1, 0.15) is 23.6 Å². The Labute approximate surface area is 153 Å². The molecule has 2 aromatic carbocycles. The Morgan fingerprint density at radius 1 is 1.04 bits per heavy atom. The Hall–Kier alpha value is -1.26. The molecule has 0 aromatic heterocycles. The standard InChI is InChI=1S/C19H22Cl2N2O/c1-24-15-8-6-14(7-9-15)19(23-12-3-10-22-11-13-23)16-4-2-5-17(20)18(16)21/h2,4-9,19,22H,3,10-13H2,1H3. The van der Waals surface area contributed by atoms with Gasteiger partial charge in [0, 0.05) is 19.6 Å². The van der Waals surface area contributed by atoms with Crippen molar-refractivity contribution in [1.29, 1.82) is 0 Å². The van der Waals surface area contributed by atoms with Gasteiger partial charge in [0.05, 0.1) is 23.2 Å². The van der Waals surface area contributed by atoms with Gasteiger partial charge < -0.3 is 10.1 Å². The van der Waals surface area contributed by atoms with Crippen molar-refractivity contribution in [3.63, 3.8) is 0 Å². The molecule has 1 heterocycles. The molecule has 1 aliphatic rings.